The Morgan fingerprint density at radius 1 is 0.900 bits per heavy atom. The maximum absolute atomic E-state index is 2.53. The van der Waals surface area contributed by atoms with E-state index in [4.69, 9.17) is 0 Å². The molecule has 0 heterocycles. The standard InChI is InChI=1S/C24H25.C13H10.2ClH.Zr/c1-5-17-13-16(3)22-19(14-17)15-21-20(22)11-12-24(4,6-2)23(21)18-9-7-8-10-18;1-3-7-12(8-4-1)11-13-9-5-2-6-10-13;;;/h7-9,11-14H,5-6,10H2,1-4H3;1-10H;2*1H;/q;;;;+2/p-2. The Balaban J connectivity index is 0.00000185. The third kappa shape index (κ3) is 5.34. The zero-order valence-electron chi connectivity index (χ0n) is 23.7. The maximum atomic E-state index is 2.53. The Morgan fingerprint density at radius 2 is 1.55 bits per heavy atom. The molecule has 1 atom stereocenters. The van der Waals surface area contributed by atoms with Gasteiger partial charge in [-0.05, 0) is 0 Å². The van der Waals surface area contributed by atoms with Gasteiger partial charge in [0.15, 0.2) is 0 Å². The van der Waals surface area contributed by atoms with Gasteiger partial charge < -0.3 is 24.8 Å². The molecule has 3 aromatic rings. The largest absolute Gasteiger partial charge is 1.00 e. The second-order valence-electron chi connectivity index (χ2n) is 10.9. The van der Waals surface area contributed by atoms with Gasteiger partial charge in [0.1, 0.15) is 0 Å². The van der Waals surface area contributed by atoms with Crippen molar-refractivity contribution in [1.29, 1.82) is 0 Å². The summed E-state index contributed by atoms with van der Waals surface area (Å²) in [6.07, 6.45) is 15.1. The quantitative estimate of drug-likeness (QED) is 0.382. The average Bonchev–Trinajstić information content (AvgIpc) is 3.59. The van der Waals surface area contributed by atoms with Gasteiger partial charge in [0, 0.05) is 0 Å². The SMILES string of the molecule is CCc1cc(C)c2c(c1)=[C]([Zr+2]=[C](c1ccccc1)c1ccccc1)C1=C(C3=CC=CC3)C(C)(CC)C=CC=21.[Cl-].[Cl-]. The second-order valence-corrected chi connectivity index (χ2v) is 14.0. The molecule has 0 bridgehead atoms. The van der Waals surface area contributed by atoms with E-state index in [2.05, 4.69) is 131 Å². The second kappa shape index (κ2) is 12.7. The van der Waals surface area contributed by atoms with Crippen molar-refractivity contribution in [2.45, 2.75) is 47.0 Å². The van der Waals surface area contributed by atoms with Crippen molar-refractivity contribution in [1.82, 2.24) is 0 Å². The molecule has 6 rings (SSSR count). The van der Waals surface area contributed by atoms with E-state index in [1.807, 2.05) is 0 Å². The van der Waals surface area contributed by atoms with Crippen molar-refractivity contribution >= 4 is 12.1 Å². The smallest absolute Gasteiger partial charge is 1.00 e. The summed E-state index contributed by atoms with van der Waals surface area (Å²) in [6.45, 7) is 9.42. The van der Waals surface area contributed by atoms with E-state index in [0.29, 0.717) is 0 Å². The number of aryl methyl sites for hydroxylation is 2. The summed E-state index contributed by atoms with van der Waals surface area (Å²) in [7, 11) is 0. The molecular formula is C37H35Cl2Zr. The van der Waals surface area contributed by atoms with E-state index in [1.165, 1.54) is 43.8 Å². The molecule has 0 amide bonds. The van der Waals surface area contributed by atoms with E-state index in [1.54, 1.807) is 17.6 Å². The van der Waals surface area contributed by atoms with Crippen molar-refractivity contribution in [3.8, 4) is 0 Å². The van der Waals surface area contributed by atoms with Gasteiger partial charge in [-0.2, -0.15) is 0 Å². The molecule has 0 saturated heterocycles. The zero-order chi connectivity index (χ0) is 26.3. The molecule has 0 fully saturated rings. The van der Waals surface area contributed by atoms with Crippen LogP contribution in [0, 0.1) is 12.3 Å². The van der Waals surface area contributed by atoms with E-state index in [-0.39, 0.29) is 30.2 Å². The summed E-state index contributed by atoms with van der Waals surface area (Å²) >= 11 is -1.24. The van der Waals surface area contributed by atoms with Gasteiger partial charge in [-0.25, -0.2) is 0 Å². The van der Waals surface area contributed by atoms with Gasteiger partial charge in [0.25, 0.3) is 0 Å². The van der Waals surface area contributed by atoms with Crippen LogP contribution in [0.3, 0.4) is 0 Å². The number of fused-ring (bicyclic) bond motifs is 2. The molecule has 3 heteroatoms. The minimum atomic E-state index is -1.24. The third-order valence-corrected chi connectivity index (χ3v) is 12.4. The summed E-state index contributed by atoms with van der Waals surface area (Å²) in [5.41, 5.74) is 11.8. The van der Waals surface area contributed by atoms with Crippen LogP contribution in [0.25, 0.3) is 8.85 Å². The minimum Gasteiger partial charge on any atom is -1.00 e. The normalized spacial score (nSPS) is 18.4. The molecule has 0 aromatic heterocycles. The number of hydrogen-bond acceptors (Lipinski definition) is 0. The molecule has 1 unspecified atom stereocenters. The topological polar surface area (TPSA) is 0 Å². The molecule has 3 aliphatic rings. The summed E-state index contributed by atoms with van der Waals surface area (Å²) in [5, 5.41) is 2.99. The fourth-order valence-corrected chi connectivity index (χ4v) is 10.2. The van der Waals surface area contributed by atoms with E-state index < -0.39 is 22.8 Å². The van der Waals surface area contributed by atoms with Gasteiger partial charge >= 0.3 is 240 Å². The fraction of sp³-hybridized carbons (Fsp3) is 0.216. The summed E-state index contributed by atoms with van der Waals surface area (Å²) in [5.74, 6) is 0. The Bertz CT molecular complexity index is 1660. The Morgan fingerprint density at radius 3 is 2.10 bits per heavy atom. The summed E-state index contributed by atoms with van der Waals surface area (Å²) < 4.78 is 3.22. The van der Waals surface area contributed by atoms with Crippen molar-refractivity contribution < 1.29 is 47.6 Å². The molecule has 0 spiro atoms. The number of hydrogen-bond donors (Lipinski definition) is 0. The summed E-state index contributed by atoms with van der Waals surface area (Å²) in [4.78, 5) is 0. The van der Waals surface area contributed by atoms with Gasteiger partial charge in [-0.1, -0.05) is 0 Å². The fourth-order valence-electron chi connectivity index (χ4n) is 6.31. The van der Waals surface area contributed by atoms with E-state index in [9.17, 15) is 0 Å². The molecule has 0 nitrogen and oxygen atoms in total. The minimum absolute atomic E-state index is 0. The first-order chi connectivity index (χ1) is 18.5. The van der Waals surface area contributed by atoms with Crippen molar-refractivity contribution in [2.75, 3.05) is 0 Å². The van der Waals surface area contributed by atoms with Crippen LogP contribution in [0.15, 0.2) is 120 Å². The van der Waals surface area contributed by atoms with Crippen molar-refractivity contribution in [2.24, 2.45) is 5.41 Å². The van der Waals surface area contributed by atoms with E-state index >= 15 is 0 Å². The Kier molecular flexibility index (Phi) is 9.72. The molecule has 0 saturated carbocycles. The zero-order valence-corrected chi connectivity index (χ0v) is 27.7. The van der Waals surface area contributed by atoms with Crippen LogP contribution in [0.5, 0.6) is 0 Å². The Labute approximate surface area is 262 Å². The average molecular weight is 642 g/mol. The number of halogens is 2. The third-order valence-electron chi connectivity index (χ3n) is 8.50. The summed E-state index contributed by atoms with van der Waals surface area (Å²) in [6, 6.07) is 27.3. The van der Waals surface area contributed by atoms with Gasteiger partial charge in [-0.15, -0.1) is 0 Å². The molecular weight excluding hydrogens is 607 g/mol. The number of allylic oxidation sites excluding steroid dienone is 8. The predicted octanol–water partition coefficient (Wildman–Crippen LogP) is 1.36. The first kappa shape index (κ1) is 30.6. The number of benzene rings is 3. The molecule has 0 radical (unpaired) electrons. The molecule has 3 aliphatic carbocycles. The Hall–Kier alpha value is -2.31. The van der Waals surface area contributed by atoms with Gasteiger partial charge in [0.2, 0.25) is 0 Å². The van der Waals surface area contributed by atoms with Crippen molar-refractivity contribution in [3.05, 3.63) is 153 Å². The van der Waals surface area contributed by atoms with Crippen LogP contribution < -0.4 is 35.3 Å². The molecule has 3 aromatic carbocycles. The van der Waals surface area contributed by atoms with E-state index in [0.717, 1.165) is 19.3 Å². The van der Waals surface area contributed by atoms with Crippen LogP contribution in [-0.2, 0) is 29.2 Å². The van der Waals surface area contributed by atoms with Crippen LogP contribution in [0.1, 0.15) is 55.9 Å². The van der Waals surface area contributed by atoms with Crippen LogP contribution in [-0.4, -0.2) is 3.21 Å². The number of rotatable bonds is 6. The van der Waals surface area contributed by atoms with Crippen LogP contribution >= 0.6 is 0 Å². The molecule has 0 N–H and O–H groups in total. The molecule has 40 heavy (non-hydrogen) atoms. The van der Waals surface area contributed by atoms with Crippen LogP contribution in [0.4, 0.5) is 0 Å². The first-order valence-corrected chi connectivity index (χ1v) is 16.4. The monoisotopic (exact) mass is 639 g/mol. The predicted molar refractivity (Wildman–Crippen MR) is 159 cm³/mol. The van der Waals surface area contributed by atoms with Gasteiger partial charge in [0.05, 0.1) is 0 Å². The molecule has 201 valence electrons. The van der Waals surface area contributed by atoms with Gasteiger partial charge in [-0.3, -0.25) is 0 Å². The molecule has 0 aliphatic heterocycles. The van der Waals surface area contributed by atoms with Crippen LogP contribution in [0.2, 0.25) is 0 Å². The maximum Gasteiger partial charge on any atom is -1.00 e. The first-order valence-electron chi connectivity index (χ1n) is 14.0. The van der Waals surface area contributed by atoms with Crippen molar-refractivity contribution in [3.63, 3.8) is 0 Å².